The smallest absolute Gasteiger partial charge is 0.102 e. The zero-order valence-corrected chi connectivity index (χ0v) is 15.9. The number of aryl methyl sites for hydroxylation is 1. The van der Waals surface area contributed by atoms with Crippen LogP contribution in [0.25, 0.3) is 22.5 Å². The Hall–Kier alpha value is -3.52. The standard InChI is InChI=1S/C26H22N2/c1-3-20-21-10-4-5-11-22(21)25-12-6-8-16-27(25)28-17-9-7-13-26(28)23-15-14-19(2)18-24(20)23/h3-18,20H,1H2,2H3/q+2. The molecule has 1 atom stereocenters. The summed E-state index contributed by atoms with van der Waals surface area (Å²) in [6, 6.07) is 28.1. The molecule has 1 aliphatic heterocycles. The molecule has 5 rings (SSSR count). The van der Waals surface area contributed by atoms with Crippen molar-refractivity contribution in [3.8, 4) is 22.5 Å². The molecule has 134 valence electrons. The second-order valence-electron chi connectivity index (χ2n) is 7.25. The highest BCUT2D eigenvalue weighted by molar-refractivity contribution is 5.70. The summed E-state index contributed by atoms with van der Waals surface area (Å²) in [5.74, 6) is 0.117. The van der Waals surface area contributed by atoms with E-state index >= 15 is 0 Å². The normalized spacial score (nSPS) is 14.4. The molecule has 4 aromatic rings. The lowest BCUT2D eigenvalue weighted by Crippen LogP contribution is -2.68. The first kappa shape index (κ1) is 16.6. The van der Waals surface area contributed by atoms with E-state index in [-0.39, 0.29) is 5.92 Å². The van der Waals surface area contributed by atoms with Crippen LogP contribution in [0.5, 0.6) is 0 Å². The molecule has 1 unspecified atom stereocenters. The molecule has 2 aromatic heterocycles. The quantitative estimate of drug-likeness (QED) is 0.338. The van der Waals surface area contributed by atoms with Crippen molar-refractivity contribution in [2.45, 2.75) is 12.8 Å². The minimum Gasteiger partial charge on any atom is -0.102 e. The summed E-state index contributed by atoms with van der Waals surface area (Å²) in [5, 5.41) is 0. The van der Waals surface area contributed by atoms with E-state index in [2.05, 4.69) is 120 Å². The van der Waals surface area contributed by atoms with Crippen LogP contribution in [0.4, 0.5) is 0 Å². The Morgan fingerprint density at radius 2 is 1.32 bits per heavy atom. The molecule has 0 fully saturated rings. The lowest BCUT2D eigenvalue weighted by molar-refractivity contribution is -1.29. The summed E-state index contributed by atoms with van der Waals surface area (Å²) < 4.78 is 4.45. The molecule has 3 heterocycles. The van der Waals surface area contributed by atoms with E-state index in [1.165, 1.54) is 27.8 Å². The topological polar surface area (TPSA) is 7.76 Å². The van der Waals surface area contributed by atoms with E-state index in [1.807, 2.05) is 0 Å². The molecule has 2 heteroatoms. The van der Waals surface area contributed by atoms with Crippen molar-refractivity contribution in [2.24, 2.45) is 0 Å². The fraction of sp³-hybridized carbons (Fsp3) is 0.0769. The Bertz CT molecular complexity index is 1210. The van der Waals surface area contributed by atoms with Crippen LogP contribution in [0.3, 0.4) is 0 Å². The number of hydrogen-bond donors (Lipinski definition) is 0. The fourth-order valence-corrected chi connectivity index (χ4v) is 4.27. The molecule has 0 N–H and O–H groups in total. The second kappa shape index (κ2) is 6.58. The molecular weight excluding hydrogens is 340 g/mol. The first-order valence-corrected chi connectivity index (χ1v) is 9.63. The Kier molecular flexibility index (Phi) is 3.91. The number of pyridine rings is 2. The van der Waals surface area contributed by atoms with E-state index in [1.54, 1.807) is 0 Å². The van der Waals surface area contributed by atoms with Crippen molar-refractivity contribution in [3.63, 3.8) is 0 Å². The largest absolute Gasteiger partial charge is 0.284 e. The molecule has 0 saturated heterocycles. The number of nitrogens with zero attached hydrogens (tertiary/aromatic N) is 2. The van der Waals surface area contributed by atoms with Gasteiger partial charge in [0, 0.05) is 30.2 Å². The van der Waals surface area contributed by atoms with E-state index < -0.39 is 0 Å². The zero-order valence-electron chi connectivity index (χ0n) is 15.9. The number of rotatable bonds is 1. The van der Waals surface area contributed by atoms with Crippen molar-refractivity contribution in [1.82, 2.24) is 0 Å². The van der Waals surface area contributed by atoms with Gasteiger partial charge in [0.1, 0.15) is 0 Å². The van der Waals surface area contributed by atoms with Crippen LogP contribution in [-0.2, 0) is 0 Å². The molecule has 2 nitrogen and oxygen atoms in total. The van der Waals surface area contributed by atoms with Gasteiger partial charge in [-0.05, 0) is 42.3 Å². The molecule has 0 bridgehead atoms. The molecule has 28 heavy (non-hydrogen) atoms. The Morgan fingerprint density at radius 3 is 2.00 bits per heavy atom. The Balaban J connectivity index is 2.00. The number of hydrogen-bond acceptors (Lipinski definition) is 0. The first-order chi connectivity index (χ1) is 13.8. The van der Waals surface area contributed by atoms with Gasteiger partial charge in [0.2, 0.25) is 12.4 Å². The molecule has 0 radical (unpaired) electrons. The summed E-state index contributed by atoms with van der Waals surface area (Å²) in [6.45, 7) is 6.37. The third kappa shape index (κ3) is 2.49. The summed E-state index contributed by atoms with van der Waals surface area (Å²) >= 11 is 0. The maximum Gasteiger partial charge on any atom is 0.284 e. The van der Waals surface area contributed by atoms with E-state index in [0.717, 1.165) is 11.4 Å². The van der Waals surface area contributed by atoms with Crippen LogP contribution in [0.1, 0.15) is 22.6 Å². The number of benzene rings is 2. The molecule has 2 aromatic carbocycles. The van der Waals surface area contributed by atoms with Crippen molar-refractivity contribution in [1.29, 1.82) is 0 Å². The van der Waals surface area contributed by atoms with Crippen molar-refractivity contribution in [2.75, 3.05) is 0 Å². The van der Waals surface area contributed by atoms with E-state index in [0.29, 0.717) is 0 Å². The predicted molar refractivity (Wildman–Crippen MR) is 112 cm³/mol. The van der Waals surface area contributed by atoms with Gasteiger partial charge in [-0.25, -0.2) is 0 Å². The van der Waals surface area contributed by atoms with E-state index in [4.69, 9.17) is 0 Å². The van der Waals surface area contributed by atoms with Crippen LogP contribution in [0, 0.1) is 6.92 Å². The van der Waals surface area contributed by atoms with Crippen LogP contribution in [0.15, 0.2) is 104 Å². The van der Waals surface area contributed by atoms with Gasteiger partial charge in [0.15, 0.2) is 0 Å². The van der Waals surface area contributed by atoms with Crippen LogP contribution in [0.2, 0.25) is 0 Å². The SMILES string of the molecule is C=CC1c2ccccc2-c2cccc[n+]2-[n+]2ccccc2-c2ccc(C)cc21. The van der Waals surface area contributed by atoms with Gasteiger partial charge in [-0.3, -0.25) is 0 Å². The van der Waals surface area contributed by atoms with Crippen molar-refractivity contribution >= 4 is 0 Å². The summed E-state index contributed by atoms with van der Waals surface area (Å²) in [4.78, 5) is 0. The monoisotopic (exact) mass is 362 g/mol. The van der Waals surface area contributed by atoms with Gasteiger partial charge >= 0.3 is 0 Å². The molecular formula is C26H22N2+2. The van der Waals surface area contributed by atoms with Gasteiger partial charge in [-0.15, -0.1) is 6.58 Å². The number of fused-ring (bicyclic) bond motifs is 7. The Labute approximate surface area is 165 Å². The third-order valence-corrected chi connectivity index (χ3v) is 5.54. The van der Waals surface area contributed by atoms with Crippen LogP contribution >= 0.6 is 0 Å². The fourth-order valence-electron chi connectivity index (χ4n) is 4.27. The zero-order chi connectivity index (χ0) is 19.1. The first-order valence-electron chi connectivity index (χ1n) is 9.63. The number of aromatic nitrogens is 2. The lowest BCUT2D eigenvalue weighted by atomic mass is 9.83. The van der Waals surface area contributed by atoms with Crippen LogP contribution in [-0.4, -0.2) is 0 Å². The van der Waals surface area contributed by atoms with Gasteiger partial charge in [-0.2, -0.15) is 0 Å². The molecule has 1 aliphatic rings. The molecule has 0 aliphatic carbocycles. The van der Waals surface area contributed by atoms with E-state index in [9.17, 15) is 0 Å². The summed E-state index contributed by atoms with van der Waals surface area (Å²) in [7, 11) is 0. The van der Waals surface area contributed by atoms with Gasteiger partial charge in [0.25, 0.3) is 11.4 Å². The third-order valence-electron chi connectivity index (χ3n) is 5.54. The average molecular weight is 362 g/mol. The highest BCUT2D eigenvalue weighted by Crippen LogP contribution is 2.38. The summed E-state index contributed by atoms with van der Waals surface area (Å²) in [5.41, 5.74) is 8.60. The second-order valence-corrected chi connectivity index (χ2v) is 7.25. The molecule has 0 spiro atoms. The molecule has 0 saturated carbocycles. The van der Waals surface area contributed by atoms with Gasteiger partial charge in [-0.1, -0.05) is 42.0 Å². The lowest BCUT2D eigenvalue weighted by Gasteiger charge is -2.18. The van der Waals surface area contributed by atoms with Crippen LogP contribution < -0.4 is 9.35 Å². The minimum absolute atomic E-state index is 0.117. The molecule has 0 amide bonds. The highest BCUT2D eigenvalue weighted by atomic mass is 15.4. The summed E-state index contributed by atoms with van der Waals surface area (Å²) in [6.07, 6.45) is 6.32. The predicted octanol–water partition coefficient (Wildman–Crippen LogP) is 4.85. The van der Waals surface area contributed by atoms with Gasteiger partial charge < -0.3 is 0 Å². The highest BCUT2D eigenvalue weighted by Gasteiger charge is 2.33. The Morgan fingerprint density at radius 1 is 0.714 bits per heavy atom. The number of allylic oxidation sites excluding steroid dienone is 1. The van der Waals surface area contributed by atoms with Crippen molar-refractivity contribution in [3.05, 3.63) is 121 Å². The average Bonchev–Trinajstić information content (AvgIpc) is 2.78. The maximum atomic E-state index is 4.21. The minimum atomic E-state index is 0.117. The van der Waals surface area contributed by atoms with Gasteiger partial charge in [0.05, 0.1) is 20.5 Å². The van der Waals surface area contributed by atoms with Crippen molar-refractivity contribution < 1.29 is 9.35 Å². The maximum absolute atomic E-state index is 4.21.